The van der Waals surface area contributed by atoms with E-state index in [9.17, 15) is 4.79 Å². The van der Waals surface area contributed by atoms with Gasteiger partial charge in [0.15, 0.2) is 0 Å². The number of hydrogen-bond donors (Lipinski definition) is 1. The number of para-hydroxylation sites is 1. The monoisotopic (exact) mass is 291 g/mol. The maximum absolute atomic E-state index is 11.1. The third-order valence-corrected chi connectivity index (χ3v) is 3.96. The van der Waals surface area contributed by atoms with Crippen molar-refractivity contribution < 1.29 is 14.6 Å². The summed E-state index contributed by atoms with van der Waals surface area (Å²) in [4.78, 5) is 15.8. The number of rotatable bonds is 7. The number of benzene rings is 1. The van der Waals surface area contributed by atoms with E-state index in [0.717, 1.165) is 23.6 Å². The van der Waals surface area contributed by atoms with Gasteiger partial charge in [-0.05, 0) is 25.0 Å². The lowest BCUT2D eigenvalue weighted by atomic mass is 10.3. The molecule has 0 fully saturated rings. The zero-order chi connectivity index (χ0) is 14.4. The molecule has 0 bridgehead atoms. The van der Waals surface area contributed by atoms with Crippen molar-refractivity contribution in [1.29, 1.82) is 0 Å². The minimum atomic E-state index is -0.883. The lowest BCUT2D eigenvalue weighted by Gasteiger charge is -2.04. The molecule has 0 aliphatic heterocycles. The number of aromatic carboxylic acids is 1. The average molecular weight is 291 g/mol. The van der Waals surface area contributed by atoms with Gasteiger partial charge in [-0.1, -0.05) is 25.1 Å². The molecule has 1 aromatic heterocycles. The molecular weight excluding hydrogens is 274 g/mol. The van der Waals surface area contributed by atoms with Gasteiger partial charge in [0.25, 0.3) is 0 Å². The second kappa shape index (κ2) is 7.05. The van der Waals surface area contributed by atoms with Crippen molar-refractivity contribution in [2.75, 3.05) is 6.61 Å². The fourth-order valence-corrected chi connectivity index (χ4v) is 2.88. The molecule has 0 amide bonds. The molecule has 2 aromatic rings. The zero-order valence-electron chi connectivity index (χ0n) is 11.3. The van der Waals surface area contributed by atoms with Crippen molar-refractivity contribution in [3.63, 3.8) is 0 Å². The first kappa shape index (κ1) is 14.5. The van der Waals surface area contributed by atoms with Gasteiger partial charge >= 0.3 is 5.97 Å². The second-order valence-corrected chi connectivity index (χ2v) is 5.39. The highest BCUT2D eigenvalue weighted by Crippen LogP contribution is 2.20. The summed E-state index contributed by atoms with van der Waals surface area (Å²) < 4.78 is 5.60. The van der Waals surface area contributed by atoms with Crippen LogP contribution in [-0.2, 0) is 12.8 Å². The highest BCUT2D eigenvalue weighted by molar-refractivity contribution is 7.13. The standard InChI is InChI=1S/C15H17NO3S/c1-2-12-14(15(17)18)20-13(16-12)9-6-10-19-11-7-4-3-5-8-11/h3-5,7-8H,2,6,9-10H2,1H3,(H,17,18). The first-order valence-electron chi connectivity index (χ1n) is 6.60. The van der Waals surface area contributed by atoms with E-state index >= 15 is 0 Å². The Bertz CT molecular complexity index is 566. The second-order valence-electron chi connectivity index (χ2n) is 4.31. The number of carbonyl (C=O) groups is 1. The van der Waals surface area contributed by atoms with Crippen molar-refractivity contribution in [3.8, 4) is 5.75 Å². The van der Waals surface area contributed by atoms with Crippen LogP contribution in [0.4, 0.5) is 0 Å². The first-order valence-corrected chi connectivity index (χ1v) is 7.42. The van der Waals surface area contributed by atoms with Crippen molar-refractivity contribution >= 4 is 17.3 Å². The Hall–Kier alpha value is -1.88. The predicted octanol–water partition coefficient (Wildman–Crippen LogP) is 3.42. The number of ether oxygens (including phenoxy) is 1. The van der Waals surface area contributed by atoms with Crippen LogP contribution in [0.3, 0.4) is 0 Å². The summed E-state index contributed by atoms with van der Waals surface area (Å²) in [7, 11) is 0. The highest BCUT2D eigenvalue weighted by Gasteiger charge is 2.15. The molecule has 1 aromatic carbocycles. The number of carboxylic acid groups (broad SMARTS) is 1. The van der Waals surface area contributed by atoms with Crippen LogP contribution in [0.25, 0.3) is 0 Å². The van der Waals surface area contributed by atoms with E-state index in [1.807, 2.05) is 37.3 Å². The molecule has 1 heterocycles. The van der Waals surface area contributed by atoms with Crippen LogP contribution < -0.4 is 4.74 Å². The van der Waals surface area contributed by atoms with E-state index in [2.05, 4.69) is 4.98 Å². The van der Waals surface area contributed by atoms with Crippen molar-refractivity contribution in [1.82, 2.24) is 4.98 Å². The molecule has 4 nitrogen and oxygen atoms in total. The number of hydrogen-bond acceptors (Lipinski definition) is 4. The Morgan fingerprint density at radius 2 is 2.10 bits per heavy atom. The van der Waals surface area contributed by atoms with E-state index in [1.54, 1.807) is 0 Å². The largest absolute Gasteiger partial charge is 0.494 e. The highest BCUT2D eigenvalue weighted by atomic mass is 32.1. The lowest BCUT2D eigenvalue weighted by Crippen LogP contribution is -1.99. The van der Waals surface area contributed by atoms with Gasteiger partial charge in [0.1, 0.15) is 10.6 Å². The maximum Gasteiger partial charge on any atom is 0.347 e. The number of aryl methyl sites for hydroxylation is 2. The molecule has 0 radical (unpaired) electrons. The molecule has 0 unspecified atom stereocenters. The van der Waals surface area contributed by atoms with E-state index in [0.29, 0.717) is 23.6 Å². The Balaban J connectivity index is 1.84. The molecule has 0 saturated heterocycles. The van der Waals surface area contributed by atoms with Crippen molar-refractivity contribution in [2.24, 2.45) is 0 Å². The van der Waals surface area contributed by atoms with Gasteiger partial charge in [0.2, 0.25) is 0 Å². The van der Waals surface area contributed by atoms with Crippen molar-refractivity contribution in [3.05, 3.63) is 45.9 Å². The Labute approximate surface area is 122 Å². The molecule has 0 aliphatic carbocycles. The van der Waals surface area contributed by atoms with Gasteiger partial charge in [-0.15, -0.1) is 11.3 Å². The van der Waals surface area contributed by atoms with Gasteiger partial charge in [0, 0.05) is 6.42 Å². The fourth-order valence-electron chi connectivity index (χ4n) is 1.84. The third kappa shape index (κ3) is 3.81. The lowest BCUT2D eigenvalue weighted by molar-refractivity contribution is 0.0701. The number of nitrogens with zero attached hydrogens (tertiary/aromatic N) is 1. The molecule has 0 aliphatic rings. The number of thiazole rings is 1. The molecule has 0 atom stereocenters. The molecule has 1 N–H and O–H groups in total. The van der Waals surface area contributed by atoms with Crippen LogP contribution in [0.1, 0.15) is 33.7 Å². The molecule has 0 saturated carbocycles. The van der Waals surface area contributed by atoms with Gasteiger partial charge in [-0.2, -0.15) is 0 Å². The molecule has 5 heteroatoms. The summed E-state index contributed by atoms with van der Waals surface area (Å²) in [5.41, 5.74) is 0.682. The average Bonchev–Trinajstić information content (AvgIpc) is 2.88. The van der Waals surface area contributed by atoms with E-state index < -0.39 is 5.97 Å². The van der Waals surface area contributed by atoms with E-state index in [1.165, 1.54) is 11.3 Å². The Kier molecular flexibility index (Phi) is 5.12. The summed E-state index contributed by atoms with van der Waals surface area (Å²) in [5, 5.41) is 9.95. The summed E-state index contributed by atoms with van der Waals surface area (Å²) in [6.07, 6.45) is 2.22. The SMILES string of the molecule is CCc1nc(CCCOc2ccccc2)sc1C(=O)O. The van der Waals surface area contributed by atoms with Crippen molar-refractivity contribution in [2.45, 2.75) is 26.2 Å². The maximum atomic E-state index is 11.1. The van der Waals surface area contributed by atoms with Gasteiger partial charge in [-0.25, -0.2) is 9.78 Å². The zero-order valence-corrected chi connectivity index (χ0v) is 12.2. The summed E-state index contributed by atoms with van der Waals surface area (Å²) >= 11 is 1.27. The number of aromatic nitrogens is 1. The van der Waals surface area contributed by atoms with Crippen LogP contribution in [-0.4, -0.2) is 22.7 Å². The Morgan fingerprint density at radius 1 is 1.35 bits per heavy atom. The summed E-state index contributed by atoms with van der Waals surface area (Å²) in [6.45, 7) is 2.53. The summed E-state index contributed by atoms with van der Waals surface area (Å²) in [6, 6.07) is 9.65. The minimum absolute atomic E-state index is 0.367. The van der Waals surface area contributed by atoms with E-state index in [-0.39, 0.29) is 0 Å². The van der Waals surface area contributed by atoms with Gasteiger partial charge < -0.3 is 9.84 Å². The molecule has 0 spiro atoms. The molecule has 20 heavy (non-hydrogen) atoms. The topological polar surface area (TPSA) is 59.4 Å². The predicted molar refractivity (Wildman–Crippen MR) is 78.7 cm³/mol. The van der Waals surface area contributed by atoms with Crippen LogP contribution in [0.2, 0.25) is 0 Å². The number of carboxylic acids is 1. The molecule has 106 valence electrons. The third-order valence-electron chi connectivity index (χ3n) is 2.82. The fraction of sp³-hybridized carbons (Fsp3) is 0.333. The van der Waals surface area contributed by atoms with Gasteiger partial charge in [-0.3, -0.25) is 0 Å². The van der Waals surface area contributed by atoms with Gasteiger partial charge in [0.05, 0.1) is 17.3 Å². The van der Waals surface area contributed by atoms with Crippen LogP contribution in [0, 0.1) is 0 Å². The van der Waals surface area contributed by atoms with Crippen LogP contribution in [0.5, 0.6) is 5.75 Å². The molecular formula is C15H17NO3S. The normalized spacial score (nSPS) is 10.4. The van der Waals surface area contributed by atoms with Crippen LogP contribution in [0.15, 0.2) is 30.3 Å². The molecule has 2 rings (SSSR count). The quantitative estimate of drug-likeness (QED) is 0.794. The minimum Gasteiger partial charge on any atom is -0.494 e. The Morgan fingerprint density at radius 3 is 2.70 bits per heavy atom. The first-order chi connectivity index (χ1) is 9.70. The van der Waals surface area contributed by atoms with E-state index in [4.69, 9.17) is 9.84 Å². The smallest absolute Gasteiger partial charge is 0.347 e. The van der Waals surface area contributed by atoms with Crippen LogP contribution >= 0.6 is 11.3 Å². The summed E-state index contributed by atoms with van der Waals surface area (Å²) in [5.74, 6) is -0.0294.